The highest BCUT2D eigenvalue weighted by Gasteiger charge is 2.28. The van der Waals surface area contributed by atoms with Crippen LogP contribution in [0.2, 0.25) is 0 Å². The summed E-state index contributed by atoms with van der Waals surface area (Å²) in [6, 6.07) is 17.5. The van der Waals surface area contributed by atoms with Gasteiger partial charge < -0.3 is 5.32 Å². The Bertz CT molecular complexity index is 583. The number of alkyl halides is 2. The second-order valence-electron chi connectivity index (χ2n) is 5.62. The molecule has 0 bridgehead atoms. The maximum Gasteiger partial charge on any atom is 0.263 e. The molecule has 0 amide bonds. The molecule has 2 aromatic rings. The maximum absolute atomic E-state index is 12.9. The first kappa shape index (κ1) is 14.2. The Labute approximate surface area is 124 Å². The molecule has 21 heavy (non-hydrogen) atoms. The molecule has 3 heteroatoms. The largest absolute Gasteiger partial charge is 0.313 e. The van der Waals surface area contributed by atoms with E-state index in [1.807, 2.05) is 24.3 Å². The van der Waals surface area contributed by atoms with E-state index in [1.165, 1.54) is 11.6 Å². The number of halogens is 2. The van der Waals surface area contributed by atoms with Crippen molar-refractivity contribution in [2.75, 3.05) is 6.54 Å². The Morgan fingerprint density at radius 2 is 1.86 bits per heavy atom. The smallest absolute Gasteiger partial charge is 0.263 e. The van der Waals surface area contributed by atoms with Crippen molar-refractivity contribution < 1.29 is 8.78 Å². The van der Waals surface area contributed by atoms with E-state index in [4.69, 9.17) is 0 Å². The van der Waals surface area contributed by atoms with E-state index >= 15 is 0 Å². The zero-order chi connectivity index (χ0) is 14.7. The molecule has 3 rings (SSSR count). The molecule has 0 radical (unpaired) electrons. The number of nitrogens with one attached hydrogen (secondary N) is 1. The lowest BCUT2D eigenvalue weighted by Gasteiger charge is -2.20. The number of rotatable bonds is 4. The highest BCUT2D eigenvalue weighted by Crippen LogP contribution is 2.32. The van der Waals surface area contributed by atoms with Crippen molar-refractivity contribution >= 4 is 0 Å². The van der Waals surface area contributed by atoms with Gasteiger partial charge in [0.05, 0.1) is 0 Å². The third-order valence-corrected chi connectivity index (χ3v) is 4.24. The molecule has 0 saturated carbocycles. The van der Waals surface area contributed by atoms with Crippen molar-refractivity contribution in [2.24, 2.45) is 0 Å². The average molecular weight is 287 g/mol. The molecule has 1 fully saturated rings. The quantitative estimate of drug-likeness (QED) is 0.883. The first-order chi connectivity index (χ1) is 10.2. The Hall–Kier alpha value is -1.74. The second-order valence-corrected chi connectivity index (χ2v) is 5.62. The van der Waals surface area contributed by atoms with Gasteiger partial charge >= 0.3 is 0 Å². The Morgan fingerprint density at radius 1 is 1.05 bits per heavy atom. The zero-order valence-corrected chi connectivity index (χ0v) is 11.8. The Balaban J connectivity index is 1.79. The van der Waals surface area contributed by atoms with Gasteiger partial charge in [-0.15, -0.1) is 0 Å². The summed E-state index contributed by atoms with van der Waals surface area (Å²) in [5, 5.41) is 3.51. The van der Waals surface area contributed by atoms with Crippen LogP contribution in [0.5, 0.6) is 0 Å². The van der Waals surface area contributed by atoms with Gasteiger partial charge in [-0.05, 0) is 36.6 Å². The predicted octanol–water partition coefficient (Wildman–Crippen LogP) is 4.31. The molecular weight excluding hydrogens is 268 g/mol. The van der Waals surface area contributed by atoms with E-state index in [1.54, 1.807) is 12.1 Å². The summed E-state index contributed by atoms with van der Waals surface area (Å²) in [5.74, 6) is 0.309. The van der Waals surface area contributed by atoms with Crippen LogP contribution in [-0.4, -0.2) is 12.6 Å². The molecule has 1 heterocycles. The van der Waals surface area contributed by atoms with Gasteiger partial charge in [0.25, 0.3) is 6.43 Å². The van der Waals surface area contributed by atoms with Crippen molar-refractivity contribution in [2.45, 2.75) is 31.2 Å². The van der Waals surface area contributed by atoms with Crippen molar-refractivity contribution in [1.29, 1.82) is 0 Å². The number of benzene rings is 2. The molecule has 0 aromatic heterocycles. The van der Waals surface area contributed by atoms with Gasteiger partial charge in [0.1, 0.15) is 0 Å². The molecular formula is C18H19F2N. The topological polar surface area (TPSA) is 12.0 Å². The monoisotopic (exact) mass is 287 g/mol. The standard InChI is InChI=1S/C18H19F2N/c19-18(20)15-8-4-7-14(12-15)16-9-10-21-17(16)11-13-5-2-1-3-6-13/h1-8,12,16-18,21H,9-11H2. The number of hydrogen-bond acceptors (Lipinski definition) is 1. The van der Waals surface area contributed by atoms with Gasteiger partial charge in [-0.25, -0.2) is 8.78 Å². The van der Waals surface area contributed by atoms with E-state index < -0.39 is 6.43 Å². The number of hydrogen-bond donors (Lipinski definition) is 1. The Kier molecular flexibility index (Phi) is 4.30. The van der Waals surface area contributed by atoms with Gasteiger partial charge in [-0.3, -0.25) is 0 Å². The molecule has 1 nitrogen and oxygen atoms in total. The van der Waals surface area contributed by atoms with E-state index in [2.05, 4.69) is 17.4 Å². The van der Waals surface area contributed by atoms with Crippen molar-refractivity contribution in [3.05, 3.63) is 71.3 Å². The van der Waals surface area contributed by atoms with Gasteiger partial charge in [0.15, 0.2) is 0 Å². The fourth-order valence-electron chi connectivity index (χ4n) is 3.17. The molecule has 110 valence electrons. The molecule has 2 aromatic carbocycles. The van der Waals surface area contributed by atoms with Crippen LogP contribution >= 0.6 is 0 Å². The Morgan fingerprint density at radius 3 is 2.62 bits per heavy atom. The van der Waals surface area contributed by atoms with Gasteiger partial charge in [-0.1, -0.05) is 48.5 Å². The molecule has 1 N–H and O–H groups in total. The summed E-state index contributed by atoms with van der Waals surface area (Å²) >= 11 is 0. The zero-order valence-electron chi connectivity index (χ0n) is 11.8. The molecule has 1 saturated heterocycles. The summed E-state index contributed by atoms with van der Waals surface area (Å²) in [7, 11) is 0. The van der Waals surface area contributed by atoms with Crippen LogP contribution in [0, 0.1) is 0 Å². The first-order valence-electron chi connectivity index (χ1n) is 7.39. The highest BCUT2D eigenvalue weighted by atomic mass is 19.3. The molecule has 1 aliphatic rings. The second kappa shape index (κ2) is 6.35. The third-order valence-electron chi connectivity index (χ3n) is 4.24. The minimum atomic E-state index is -2.40. The summed E-state index contributed by atoms with van der Waals surface area (Å²) < 4.78 is 25.7. The van der Waals surface area contributed by atoms with Gasteiger partial charge in [0, 0.05) is 17.5 Å². The third kappa shape index (κ3) is 3.30. The van der Waals surface area contributed by atoms with E-state index in [-0.39, 0.29) is 5.56 Å². The van der Waals surface area contributed by atoms with Crippen LogP contribution in [0.15, 0.2) is 54.6 Å². The van der Waals surface area contributed by atoms with Crippen LogP contribution in [0.3, 0.4) is 0 Å². The summed E-state index contributed by atoms with van der Waals surface area (Å²) in [5.41, 5.74) is 2.43. The fraction of sp³-hybridized carbons (Fsp3) is 0.333. The highest BCUT2D eigenvalue weighted by molar-refractivity contribution is 5.30. The van der Waals surface area contributed by atoms with Crippen LogP contribution in [0.25, 0.3) is 0 Å². The predicted molar refractivity (Wildman–Crippen MR) is 80.7 cm³/mol. The summed E-state index contributed by atoms with van der Waals surface area (Å²) in [6.45, 7) is 0.946. The van der Waals surface area contributed by atoms with Crippen molar-refractivity contribution in [3.8, 4) is 0 Å². The first-order valence-corrected chi connectivity index (χ1v) is 7.39. The lowest BCUT2D eigenvalue weighted by Crippen LogP contribution is -2.28. The molecule has 1 aliphatic heterocycles. The normalized spacial score (nSPS) is 21.9. The van der Waals surface area contributed by atoms with E-state index in [9.17, 15) is 8.78 Å². The lowest BCUT2D eigenvalue weighted by molar-refractivity contribution is 0.151. The SMILES string of the molecule is FC(F)c1cccc(C2CCNC2Cc2ccccc2)c1. The minimum absolute atomic E-state index is 0.123. The molecule has 2 atom stereocenters. The van der Waals surface area contributed by atoms with Crippen molar-refractivity contribution in [1.82, 2.24) is 5.32 Å². The minimum Gasteiger partial charge on any atom is -0.313 e. The molecule has 0 spiro atoms. The summed E-state index contributed by atoms with van der Waals surface area (Å²) in [4.78, 5) is 0. The van der Waals surface area contributed by atoms with Gasteiger partial charge in [0.2, 0.25) is 0 Å². The van der Waals surface area contributed by atoms with Crippen LogP contribution in [0.4, 0.5) is 8.78 Å². The average Bonchev–Trinajstić information content (AvgIpc) is 2.96. The molecule has 0 aliphatic carbocycles. The lowest BCUT2D eigenvalue weighted by atomic mass is 9.88. The van der Waals surface area contributed by atoms with Crippen LogP contribution in [-0.2, 0) is 6.42 Å². The van der Waals surface area contributed by atoms with Crippen molar-refractivity contribution in [3.63, 3.8) is 0 Å². The fourth-order valence-corrected chi connectivity index (χ4v) is 3.17. The van der Waals surface area contributed by atoms with Crippen LogP contribution in [0.1, 0.15) is 35.5 Å². The maximum atomic E-state index is 12.9. The van der Waals surface area contributed by atoms with E-state index in [0.717, 1.165) is 24.9 Å². The molecule has 2 unspecified atom stereocenters. The van der Waals surface area contributed by atoms with Crippen LogP contribution < -0.4 is 5.32 Å². The van der Waals surface area contributed by atoms with Gasteiger partial charge in [-0.2, -0.15) is 0 Å². The summed E-state index contributed by atoms with van der Waals surface area (Å²) in [6.07, 6.45) is -0.457. The van der Waals surface area contributed by atoms with E-state index in [0.29, 0.717) is 12.0 Å².